The van der Waals surface area contributed by atoms with Crippen molar-refractivity contribution in [2.75, 3.05) is 19.6 Å². The van der Waals surface area contributed by atoms with E-state index in [1.807, 2.05) is 0 Å². The average Bonchev–Trinajstić information content (AvgIpc) is 2.70. The molecule has 0 aromatic carbocycles. The summed E-state index contributed by atoms with van der Waals surface area (Å²) < 4.78 is 0. The van der Waals surface area contributed by atoms with E-state index in [9.17, 15) is 4.79 Å². The van der Waals surface area contributed by atoms with Crippen LogP contribution in [-0.2, 0) is 4.79 Å². The summed E-state index contributed by atoms with van der Waals surface area (Å²) in [5, 5.41) is 8.94. The van der Waals surface area contributed by atoms with Crippen LogP contribution in [0.5, 0.6) is 0 Å². The SMILES string of the molecule is CC1CCC(CN2CCC(C(=O)O)C2)CC1. The Bertz CT molecular complexity index is 246. The van der Waals surface area contributed by atoms with Crippen LogP contribution in [0.2, 0.25) is 0 Å². The quantitative estimate of drug-likeness (QED) is 0.800. The first-order chi connectivity index (χ1) is 7.65. The first kappa shape index (κ1) is 11.9. The predicted molar refractivity (Wildman–Crippen MR) is 63.3 cm³/mol. The van der Waals surface area contributed by atoms with Crippen LogP contribution in [0, 0.1) is 17.8 Å². The van der Waals surface area contributed by atoms with Gasteiger partial charge in [0.2, 0.25) is 0 Å². The van der Waals surface area contributed by atoms with E-state index < -0.39 is 5.97 Å². The second kappa shape index (κ2) is 5.17. The number of hydrogen-bond acceptors (Lipinski definition) is 2. The minimum atomic E-state index is -0.611. The fourth-order valence-electron chi connectivity index (χ4n) is 3.08. The van der Waals surface area contributed by atoms with Crippen molar-refractivity contribution >= 4 is 5.97 Å². The highest BCUT2D eigenvalue weighted by Crippen LogP contribution is 2.30. The third-order valence-electron chi connectivity index (χ3n) is 4.27. The number of carboxylic acids is 1. The van der Waals surface area contributed by atoms with Crippen molar-refractivity contribution in [2.24, 2.45) is 17.8 Å². The number of carboxylic acid groups (broad SMARTS) is 1. The van der Waals surface area contributed by atoms with Gasteiger partial charge in [-0.15, -0.1) is 0 Å². The Kier molecular flexibility index (Phi) is 3.85. The highest BCUT2D eigenvalue weighted by molar-refractivity contribution is 5.70. The van der Waals surface area contributed by atoms with Gasteiger partial charge in [-0.05, 0) is 37.6 Å². The maximum absolute atomic E-state index is 10.9. The smallest absolute Gasteiger partial charge is 0.307 e. The normalized spacial score (nSPS) is 36.4. The van der Waals surface area contributed by atoms with Crippen LogP contribution in [0.4, 0.5) is 0 Å². The lowest BCUT2D eigenvalue weighted by molar-refractivity contribution is -0.141. The summed E-state index contributed by atoms with van der Waals surface area (Å²) in [6, 6.07) is 0. The molecule has 1 unspecified atom stereocenters. The Morgan fingerprint density at radius 3 is 2.50 bits per heavy atom. The van der Waals surface area contributed by atoms with E-state index in [1.165, 1.54) is 25.7 Å². The molecule has 3 nitrogen and oxygen atoms in total. The van der Waals surface area contributed by atoms with Gasteiger partial charge in [0, 0.05) is 13.1 Å². The molecule has 0 spiro atoms. The summed E-state index contributed by atoms with van der Waals surface area (Å²) in [6.07, 6.45) is 6.25. The number of nitrogens with zero attached hydrogens (tertiary/aromatic N) is 1. The molecule has 0 aromatic rings. The lowest BCUT2D eigenvalue weighted by Crippen LogP contribution is -2.30. The van der Waals surface area contributed by atoms with Crippen LogP contribution in [0.3, 0.4) is 0 Å². The minimum absolute atomic E-state index is 0.109. The van der Waals surface area contributed by atoms with Gasteiger partial charge in [0.05, 0.1) is 5.92 Å². The highest BCUT2D eigenvalue weighted by Gasteiger charge is 2.29. The Balaban J connectivity index is 1.73. The lowest BCUT2D eigenvalue weighted by Gasteiger charge is -2.29. The van der Waals surface area contributed by atoms with Crippen LogP contribution in [0.25, 0.3) is 0 Å². The molecule has 16 heavy (non-hydrogen) atoms. The Hall–Kier alpha value is -0.570. The van der Waals surface area contributed by atoms with E-state index in [0.717, 1.165) is 37.9 Å². The van der Waals surface area contributed by atoms with Crippen molar-refractivity contribution in [2.45, 2.75) is 39.0 Å². The molecule has 0 amide bonds. The van der Waals surface area contributed by atoms with Crippen LogP contribution in [-0.4, -0.2) is 35.6 Å². The van der Waals surface area contributed by atoms with Crippen LogP contribution < -0.4 is 0 Å². The van der Waals surface area contributed by atoms with E-state index in [2.05, 4.69) is 11.8 Å². The molecule has 2 rings (SSSR count). The molecule has 2 aliphatic rings. The topological polar surface area (TPSA) is 40.5 Å². The molecule has 1 aliphatic carbocycles. The number of carbonyl (C=O) groups is 1. The van der Waals surface area contributed by atoms with E-state index >= 15 is 0 Å². The standard InChI is InChI=1S/C13H23NO2/c1-10-2-4-11(5-3-10)8-14-7-6-12(9-14)13(15)16/h10-12H,2-9H2,1H3,(H,15,16). The van der Waals surface area contributed by atoms with Gasteiger partial charge in [0.1, 0.15) is 0 Å². The molecule has 0 aromatic heterocycles. The fraction of sp³-hybridized carbons (Fsp3) is 0.923. The van der Waals surface area contributed by atoms with Crippen LogP contribution in [0.1, 0.15) is 39.0 Å². The Morgan fingerprint density at radius 2 is 1.94 bits per heavy atom. The summed E-state index contributed by atoms with van der Waals surface area (Å²) in [5.74, 6) is 1.01. The molecule has 1 aliphatic heterocycles. The van der Waals surface area contributed by atoms with Crippen LogP contribution in [0.15, 0.2) is 0 Å². The Labute approximate surface area is 97.8 Å². The second-order valence-electron chi connectivity index (χ2n) is 5.71. The lowest BCUT2D eigenvalue weighted by atomic mass is 9.83. The number of likely N-dealkylation sites (tertiary alicyclic amines) is 1. The largest absolute Gasteiger partial charge is 0.481 e. The number of rotatable bonds is 3. The Morgan fingerprint density at radius 1 is 1.25 bits per heavy atom. The molecule has 92 valence electrons. The van der Waals surface area contributed by atoms with Crippen molar-refractivity contribution < 1.29 is 9.90 Å². The van der Waals surface area contributed by atoms with Crippen molar-refractivity contribution in [1.82, 2.24) is 4.90 Å². The molecule has 0 bridgehead atoms. The van der Waals surface area contributed by atoms with Gasteiger partial charge in [-0.25, -0.2) is 0 Å². The maximum Gasteiger partial charge on any atom is 0.307 e. The molecule has 0 radical (unpaired) electrons. The summed E-state index contributed by atoms with van der Waals surface area (Å²) in [4.78, 5) is 13.2. The van der Waals surface area contributed by atoms with Gasteiger partial charge in [0.25, 0.3) is 0 Å². The second-order valence-corrected chi connectivity index (χ2v) is 5.71. The average molecular weight is 225 g/mol. The molecule has 1 heterocycles. The molecule has 1 N–H and O–H groups in total. The zero-order chi connectivity index (χ0) is 11.5. The summed E-state index contributed by atoms with van der Waals surface area (Å²) >= 11 is 0. The van der Waals surface area contributed by atoms with Crippen LogP contribution >= 0.6 is 0 Å². The van der Waals surface area contributed by atoms with E-state index in [4.69, 9.17) is 5.11 Å². The maximum atomic E-state index is 10.9. The summed E-state index contributed by atoms with van der Waals surface area (Å²) in [7, 11) is 0. The van der Waals surface area contributed by atoms with Crippen molar-refractivity contribution in [3.8, 4) is 0 Å². The van der Waals surface area contributed by atoms with Crippen molar-refractivity contribution in [3.05, 3.63) is 0 Å². The fourth-order valence-corrected chi connectivity index (χ4v) is 3.08. The molecule has 2 fully saturated rings. The van der Waals surface area contributed by atoms with Gasteiger partial charge in [0.15, 0.2) is 0 Å². The molecule has 1 saturated carbocycles. The third kappa shape index (κ3) is 2.97. The summed E-state index contributed by atoms with van der Waals surface area (Å²) in [5.41, 5.74) is 0. The van der Waals surface area contributed by atoms with Gasteiger partial charge in [-0.3, -0.25) is 4.79 Å². The van der Waals surface area contributed by atoms with E-state index in [-0.39, 0.29) is 5.92 Å². The third-order valence-corrected chi connectivity index (χ3v) is 4.27. The zero-order valence-electron chi connectivity index (χ0n) is 10.2. The van der Waals surface area contributed by atoms with E-state index in [1.54, 1.807) is 0 Å². The first-order valence-electron chi connectivity index (χ1n) is 6.60. The van der Waals surface area contributed by atoms with E-state index in [0.29, 0.717) is 0 Å². The molecule has 1 saturated heterocycles. The van der Waals surface area contributed by atoms with Gasteiger partial charge >= 0.3 is 5.97 Å². The first-order valence-corrected chi connectivity index (χ1v) is 6.60. The summed E-state index contributed by atoms with van der Waals surface area (Å²) in [6.45, 7) is 5.24. The predicted octanol–water partition coefficient (Wildman–Crippen LogP) is 2.22. The van der Waals surface area contributed by atoms with Gasteiger partial charge in [-0.1, -0.05) is 19.8 Å². The van der Waals surface area contributed by atoms with Crippen molar-refractivity contribution in [3.63, 3.8) is 0 Å². The molecular weight excluding hydrogens is 202 g/mol. The number of aliphatic carboxylic acids is 1. The molecule has 3 heteroatoms. The van der Waals surface area contributed by atoms with Gasteiger partial charge < -0.3 is 10.0 Å². The molecular formula is C13H23NO2. The van der Waals surface area contributed by atoms with Gasteiger partial charge in [-0.2, -0.15) is 0 Å². The monoisotopic (exact) mass is 225 g/mol. The minimum Gasteiger partial charge on any atom is -0.481 e. The molecule has 1 atom stereocenters. The van der Waals surface area contributed by atoms with Crippen molar-refractivity contribution in [1.29, 1.82) is 0 Å². The number of hydrogen-bond donors (Lipinski definition) is 1. The zero-order valence-corrected chi connectivity index (χ0v) is 10.2. The highest BCUT2D eigenvalue weighted by atomic mass is 16.4.